The molecule has 20 heavy (non-hydrogen) atoms. The number of amides is 1. The molecule has 0 saturated heterocycles. The summed E-state index contributed by atoms with van der Waals surface area (Å²) >= 11 is 17.6. The van der Waals surface area contributed by atoms with Crippen LogP contribution in [0.1, 0.15) is 21.5 Å². The van der Waals surface area contributed by atoms with Crippen molar-refractivity contribution in [2.45, 2.75) is 12.4 Å². The van der Waals surface area contributed by atoms with Gasteiger partial charge in [-0.25, -0.2) is 0 Å². The van der Waals surface area contributed by atoms with Crippen molar-refractivity contribution in [1.82, 2.24) is 5.32 Å². The first kappa shape index (κ1) is 15.2. The second-order valence-electron chi connectivity index (χ2n) is 4.26. The summed E-state index contributed by atoms with van der Waals surface area (Å²) < 4.78 is 0. The van der Waals surface area contributed by atoms with E-state index >= 15 is 0 Å². The van der Waals surface area contributed by atoms with E-state index in [0.717, 1.165) is 11.1 Å². The van der Waals surface area contributed by atoms with Crippen LogP contribution in [0, 0.1) is 0 Å². The highest BCUT2D eigenvalue weighted by atomic mass is 35.5. The van der Waals surface area contributed by atoms with Crippen molar-refractivity contribution in [3.63, 3.8) is 0 Å². The molecule has 5 heteroatoms. The topological polar surface area (TPSA) is 29.1 Å². The second kappa shape index (κ2) is 6.98. The van der Waals surface area contributed by atoms with E-state index in [1.165, 1.54) is 0 Å². The molecule has 1 amide bonds. The van der Waals surface area contributed by atoms with Crippen LogP contribution < -0.4 is 5.32 Å². The zero-order valence-electron chi connectivity index (χ0n) is 10.5. The Morgan fingerprint density at radius 1 is 1.00 bits per heavy atom. The molecule has 2 rings (SSSR count). The van der Waals surface area contributed by atoms with Gasteiger partial charge >= 0.3 is 0 Å². The van der Waals surface area contributed by atoms with Crippen LogP contribution in [0.2, 0.25) is 10.0 Å². The molecule has 0 fully saturated rings. The highest BCUT2D eigenvalue weighted by Gasteiger charge is 2.10. The number of alkyl halides is 1. The van der Waals surface area contributed by atoms with Gasteiger partial charge in [-0.1, -0.05) is 47.5 Å². The molecule has 0 aliphatic heterocycles. The third-order valence-corrected chi connectivity index (χ3v) is 3.68. The number of hydrogen-bond donors (Lipinski definition) is 1. The molecule has 0 aliphatic rings. The molecule has 2 nitrogen and oxygen atoms in total. The standard InChI is InChI=1S/C15H12Cl3NO/c16-8-10-1-3-11(4-2-10)9-19-15(20)13-7-12(17)5-6-14(13)18/h1-7H,8-9H2,(H,19,20). The van der Waals surface area contributed by atoms with Crippen LogP contribution in [-0.4, -0.2) is 5.91 Å². The monoisotopic (exact) mass is 327 g/mol. The Balaban J connectivity index is 2.02. The summed E-state index contributed by atoms with van der Waals surface area (Å²) in [6.07, 6.45) is 0. The lowest BCUT2D eigenvalue weighted by molar-refractivity contribution is 0.0951. The van der Waals surface area contributed by atoms with E-state index in [1.807, 2.05) is 24.3 Å². The average molecular weight is 329 g/mol. The molecular weight excluding hydrogens is 317 g/mol. The second-order valence-corrected chi connectivity index (χ2v) is 5.37. The number of carbonyl (C=O) groups excluding carboxylic acids is 1. The van der Waals surface area contributed by atoms with Gasteiger partial charge in [0.15, 0.2) is 0 Å². The predicted molar refractivity (Wildman–Crippen MR) is 83.6 cm³/mol. The maximum absolute atomic E-state index is 12.0. The van der Waals surface area contributed by atoms with Gasteiger partial charge in [0.05, 0.1) is 10.6 Å². The van der Waals surface area contributed by atoms with Crippen LogP contribution in [0.5, 0.6) is 0 Å². The molecule has 2 aromatic carbocycles. The zero-order chi connectivity index (χ0) is 14.5. The number of halogens is 3. The smallest absolute Gasteiger partial charge is 0.253 e. The van der Waals surface area contributed by atoms with E-state index in [1.54, 1.807) is 18.2 Å². The van der Waals surface area contributed by atoms with Crippen molar-refractivity contribution in [3.8, 4) is 0 Å². The van der Waals surface area contributed by atoms with E-state index in [9.17, 15) is 4.79 Å². The fourth-order valence-electron chi connectivity index (χ4n) is 1.70. The van der Waals surface area contributed by atoms with Crippen molar-refractivity contribution in [2.75, 3.05) is 0 Å². The minimum absolute atomic E-state index is 0.251. The summed E-state index contributed by atoms with van der Waals surface area (Å²) in [5.74, 6) is 0.226. The lowest BCUT2D eigenvalue weighted by Crippen LogP contribution is -2.23. The van der Waals surface area contributed by atoms with Crippen LogP contribution in [0.3, 0.4) is 0 Å². The average Bonchev–Trinajstić information content (AvgIpc) is 2.47. The van der Waals surface area contributed by atoms with E-state index in [-0.39, 0.29) is 5.91 Å². The summed E-state index contributed by atoms with van der Waals surface area (Å²) in [5.41, 5.74) is 2.40. The van der Waals surface area contributed by atoms with Gasteiger partial charge in [0, 0.05) is 17.4 Å². The highest BCUT2D eigenvalue weighted by Crippen LogP contribution is 2.20. The van der Waals surface area contributed by atoms with Crippen molar-refractivity contribution in [3.05, 3.63) is 69.2 Å². The lowest BCUT2D eigenvalue weighted by Gasteiger charge is -2.08. The maximum atomic E-state index is 12.0. The molecule has 0 bridgehead atoms. The molecule has 0 saturated carbocycles. The van der Waals surface area contributed by atoms with Gasteiger partial charge in [-0.3, -0.25) is 4.79 Å². The molecule has 1 N–H and O–H groups in total. The van der Waals surface area contributed by atoms with Crippen LogP contribution in [0.15, 0.2) is 42.5 Å². The summed E-state index contributed by atoms with van der Waals surface area (Å²) in [6, 6.07) is 12.5. The molecule has 104 valence electrons. The van der Waals surface area contributed by atoms with Gasteiger partial charge in [-0.05, 0) is 29.3 Å². The number of rotatable bonds is 4. The van der Waals surface area contributed by atoms with Crippen LogP contribution in [-0.2, 0) is 12.4 Å². The van der Waals surface area contributed by atoms with Gasteiger partial charge in [0.1, 0.15) is 0 Å². The number of carbonyl (C=O) groups is 1. The van der Waals surface area contributed by atoms with Crippen LogP contribution >= 0.6 is 34.8 Å². The number of hydrogen-bond acceptors (Lipinski definition) is 1. The van der Waals surface area contributed by atoms with Crippen LogP contribution in [0.25, 0.3) is 0 Å². The Bertz CT molecular complexity index is 611. The molecule has 0 atom stereocenters. The molecule has 0 unspecified atom stereocenters. The SMILES string of the molecule is O=C(NCc1ccc(CCl)cc1)c1cc(Cl)ccc1Cl. The van der Waals surface area contributed by atoms with Gasteiger partial charge < -0.3 is 5.32 Å². The Kier molecular flexibility index (Phi) is 5.30. The summed E-state index contributed by atoms with van der Waals surface area (Å²) in [4.78, 5) is 12.0. The fraction of sp³-hybridized carbons (Fsp3) is 0.133. The Morgan fingerprint density at radius 3 is 2.30 bits per heavy atom. The van der Waals surface area contributed by atoms with Gasteiger partial charge in [-0.2, -0.15) is 0 Å². The molecule has 0 aliphatic carbocycles. The van der Waals surface area contributed by atoms with Crippen molar-refractivity contribution >= 4 is 40.7 Å². The normalized spacial score (nSPS) is 10.3. The molecule has 0 radical (unpaired) electrons. The molecule has 2 aromatic rings. The van der Waals surface area contributed by atoms with Crippen molar-refractivity contribution < 1.29 is 4.79 Å². The first-order valence-electron chi connectivity index (χ1n) is 5.97. The third kappa shape index (κ3) is 3.89. The van der Waals surface area contributed by atoms with Crippen molar-refractivity contribution in [1.29, 1.82) is 0 Å². The van der Waals surface area contributed by atoms with E-state index < -0.39 is 0 Å². The Hall–Kier alpha value is -1.22. The van der Waals surface area contributed by atoms with Gasteiger partial charge in [-0.15, -0.1) is 11.6 Å². The first-order valence-corrected chi connectivity index (χ1v) is 7.26. The minimum Gasteiger partial charge on any atom is -0.348 e. The molecule has 0 spiro atoms. The first-order chi connectivity index (χ1) is 9.60. The lowest BCUT2D eigenvalue weighted by atomic mass is 10.1. The predicted octanol–water partition coefficient (Wildman–Crippen LogP) is 4.66. The van der Waals surface area contributed by atoms with Crippen molar-refractivity contribution in [2.24, 2.45) is 0 Å². The molecule has 0 aromatic heterocycles. The third-order valence-electron chi connectivity index (χ3n) is 2.80. The Labute approximate surface area is 132 Å². The summed E-state index contributed by atoms with van der Waals surface area (Å²) in [6.45, 7) is 0.421. The van der Waals surface area contributed by atoms with E-state index in [0.29, 0.717) is 28.0 Å². The minimum atomic E-state index is -0.251. The fourth-order valence-corrected chi connectivity index (χ4v) is 2.25. The summed E-state index contributed by atoms with van der Waals surface area (Å²) in [7, 11) is 0. The largest absolute Gasteiger partial charge is 0.348 e. The quantitative estimate of drug-likeness (QED) is 0.812. The number of benzene rings is 2. The maximum Gasteiger partial charge on any atom is 0.253 e. The van der Waals surface area contributed by atoms with Gasteiger partial charge in [0.25, 0.3) is 5.91 Å². The van der Waals surface area contributed by atoms with E-state index in [2.05, 4.69) is 5.32 Å². The zero-order valence-corrected chi connectivity index (χ0v) is 12.8. The molecular formula is C15H12Cl3NO. The van der Waals surface area contributed by atoms with E-state index in [4.69, 9.17) is 34.8 Å². The Morgan fingerprint density at radius 2 is 1.65 bits per heavy atom. The highest BCUT2D eigenvalue weighted by molar-refractivity contribution is 6.35. The van der Waals surface area contributed by atoms with Gasteiger partial charge in [0.2, 0.25) is 0 Å². The van der Waals surface area contributed by atoms with Crippen LogP contribution in [0.4, 0.5) is 0 Å². The number of nitrogens with one attached hydrogen (secondary N) is 1. The summed E-state index contributed by atoms with van der Waals surface area (Å²) in [5, 5.41) is 3.66. The molecule has 0 heterocycles.